The maximum Gasteiger partial charge on any atom is 0.306 e. The van der Waals surface area contributed by atoms with Gasteiger partial charge >= 0.3 is 17.9 Å². The summed E-state index contributed by atoms with van der Waals surface area (Å²) in [6.07, 6.45) is 16.0. The van der Waals surface area contributed by atoms with Crippen molar-refractivity contribution in [1.82, 2.24) is 0 Å². The molecule has 0 saturated heterocycles. The van der Waals surface area contributed by atoms with Crippen molar-refractivity contribution >= 4 is 17.9 Å². The highest BCUT2D eigenvalue weighted by Crippen LogP contribution is 2.10. The molecule has 0 aliphatic heterocycles. The largest absolute Gasteiger partial charge is 0.462 e. The minimum Gasteiger partial charge on any atom is -0.462 e. The number of rotatable bonds is 23. The van der Waals surface area contributed by atoms with Gasteiger partial charge in [-0.25, -0.2) is 0 Å². The molecule has 6 heteroatoms. The summed E-state index contributed by atoms with van der Waals surface area (Å²) in [6, 6.07) is 0. The van der Waals surface area contributed by atoms with Crippen molar-refractivity contribution < 1.29 is 28.6 Å². The summed E-state index contributed by atoms with van der Waals surface area (Å²) < 4.78 is 16.1. The van der Waals surface area contributed by atoms with Gasteiger partial charge in [-0.3, -0.25) is 14.4 Å². The monoisotopic (exact) mass is 482 g/mol. The standard InChI is InChI=1S/C27H50O6/c1-4-7-10-13-16-19-25(28)31-22-24(33-27(30)21-18-15-12-9-6-3)23-32-26(29)20-17-14-11-8-5-2/h24H,4-23H2,1-3H3/i13+1,14+1,15+1,16+1,17+1,18+1,19+1,20+1,21+1,25+1,26+1,27+1. The lowest BCUT2D eigenvalue weighted by atomic mass is 10.3. The average Bonchev–Trinajstić information content (AvgIpc) is 2.80. The van der Waals surface area contributed by atoms with E-state index in [9.17, 15) is 14.4 Å². The summed E-state index contributed by atoms with van der Waals surface area (Å²) in [7, 11) is 0. The number of carbonyl (C=O) groups excluding carboxylic acids is 3. The third-order valence-corrected chi connectivity index (χ3v) is 5.61. The molecule has 0 fully saturated rings. The van der Waals surface area contributed by atoms with Crippen molar-refractivity contribution in [3.63, 3.8) is 0 Å². The molecule has 0 rings (SSSR count). The third-order valence-electron chi connectivity index (χ3n) is 5.61. The topological polar surface area (TPSA) is 78.9 Å². The minimum atomic E-state index is -0.749. The van der Waals surface area contributed by atoms with Crippen molar-refractivity contribution in [2.24, 2.45) is 0 Å². The second-order valence-electron chi connectivity index (χ2n) is 8.97. The van der Waals surface area contributed by atoms with Crippen LogP contribution in [0.25, 0.3) is 0 Å². The molecule has 0 N–H and O–H groups in total. The van der Waals surface area contributed by atoms with E-state index >= 15 is 0 Å². The molecule has 0 amide bonds. The van der Waals surface area contributed by atoms with Crippen molar-refractivity contribution in [3.8, 4) is 0 Å². The Hall–Kier alpha value is -1.59. The molecule has 0 bridgehead atoms. The Morgan fingerprint density at radius 1 is 0.485 bits per heavy atom. The van der Waals surface area contributed by atoms with Gasteiger partial charge in [-0.1, -0.05) is 97.8 Å². The van der Waals surface area contributed by atoms with Crippen LogP contribution in [0.15, 0.2) is 0 Å². The molecule has 0 aromatic heterocycles. The maximum absolute atomic E-state index is 12.2. The first kappa shape index (κ1) is 31.4. The summed E-state index contributed by atoms with van der Waals surface area (Å²) in [5.41, 5.74) is 0. The number of unbranched alkanes of at least 4 members (excludes halogenated alkanes) is 12. The van der Waals surface area contributed by atoms with Crippen LogP contribution in [0, 0.1) is 0 Å². The van der Waals surface area contributed by atoms with Gasteiger partial charge in [0.15, 0.2) is 6.10 Å². The average molecular weight is 483 g/mol. The minimum absolute atomic E-state index is 0.0703. The molecule has 194 valence electrons. The molecular formula is C27H50O6. The lowest BCUT2D eigenvalue weighted by Gasteiger charge is -2.18. The highest BCUT2D eigenvalue weighted by molar-refractivity contribution is 5.71. The molecule has 0 spiro atoms. The predicted octanol–water partition coefficient (Wildman–Crippen LogP) is 7.07. The molecule has 0 aromatic rings. The molecule has 0 aliphatic rings. The van der Waals surface area contributed by atoms with Gasteiger partial charge in [0.05, 0.1) is 0 Å². The van der Waals surface area contributed by atoms with Gasteiger partial charge in [0.1, 0.15) is 13.2 Å². The van der Waals surface area contributed by atoms with Crippen LogP contribution in [0.3, 0.4) is 0 Å². The van der Waals surface area contributed by atoms with E-state index in [0.29, 0.717) is 19.3 Å². The molecule has 0 aromatic carbocycles. The van der Waals surface area contributed by atoms with Crippen LogP contribution in [-0.4, -0.2) is 37.2 Å². The van der Waals surface area contributed by atoms with Gasteiger partial charge in [0.25, 0.3) is 0 Å². The van der Waals surface area contributed by atoms with E-state index in [-0.39, 0.29) is 31.1 Å². The molecule has 0 radical (unpaired) electrons. The first-order valence-electron chi connectivity index (χ1n) is 13.5. The van der Waals surface area contributed by atoms with E-state index in [2.05, 4.69) is 20.8 Å². The molecule has 0 saturated carbocycles. The Morgan fingerprint density at radius 3 is 1.18 bits per heavy atom. The summed E-state index contributed by atoms with van der Waals surface area (Å²) >= 11 is 0. The van der Waals surface area contributed by atoms with Crippen LogP contribution in [-0.2, 0) is 28.6 Å². The fourth-order valence-electron chi connectivity index (χ4n) is 3.50. The van der Waals surface area contributed by atoms with Crippen LogP contribution >= 0.6 is 0 Å². The van der Waals surface area contributed by atoms with E-state index in [4.69, 9.17) is 14.2 Å². The van der Waals surface area contributed by atoms with Crippen LogP contribution in [0.4, 0.5) is 0 Å². The third kappa shape index (κ3) is 22.0. The zero-order valence-corrected chi connectivity index (χ0v) is 21.7. The van der Waals surface area contributed by atoms with Gasteiger partial charge in [-0.15, -0.1) is 0 Å². The molecular weight excluding hydrogens is 432 g/mol. The predicted molar refractivity (Wildman–Crippen MR) is 132 cm³/mol. The van der Waals surface area contributed by atoms with Crippen molar-refractivity contribution in [1.29, 1.82) is 0 Å². The molecule has 0 atom stereocenters. The zero-order valence-electron chi connectivity index (χ0n) is 21.7. The highest BCUT2D eigenvalue weighted by Gasteiger charge is 2.19. The van der Waals surface area contributed by atoms with Crippen molar-refractivity contribution in [2.45, 2.75) is 142 Å². The van der Waals surface area contributed by atoms with E-state index in [1.54, 1.807) is 0 Å². The molecule has 0 heterocycles. The first-order valence-corrected chi connectivity index (χ1v) is 13.5. The fraction of sp³-hybridized carbons (Fsp3) is 0.889. The van der Waals surface area contributed by atoms with E-state index in [1.165, 1.54) is 19.3 Å². The number of hydrogen-bond donors (Lipinski definition) is 0. The molecule has 6 nitrogen and oxygen atoms in total. The lowest BCUT2D eigenvalue weighted by Crippen LogP contribution is -2.30. The van der Waals surface area contributed by atoms with E-state index in [0.717, 1.165) is 77.0 Å². The molecule has 0 aliphatic carbocycles. The second kappa shape index (κ2) is 23.6. The summed E-state index contributed by atoms with van der Waals surface area (Å²) in [5, 5.41) is 0. The molecule has 0 unspecified atom stereocenters. The van der Waals surface area contributed by atoms with E-state index in [1.807, 2.05) is 0 Å². The van der Waals surface area contributed by atoms with E-state index < -0.39 is 6.10 Å². The number of esters is 3. The first-order chi connectivity index (χ1) is 16.0. The Bertz CT molecular complexity index is 461. The quantitative estimate of drug-likeness (QED) is 0.0671. The lowest BCUT2D eigenvalue weighted by molar-refractivity contribution is -0.167. The van der Waals surface area contributed by atoms with Crippen molar-refractivity contribution in [2.75, 3.05) is 13.2 Å². The van der Waals surface area contributed by atoms with Crippen LogP contribution in [0.5, 0.6) is 0 Å². The van der Waals surface area contributed by atoms with Gasteiger partial charge in [-0.2, -0.15) is 0 Å². The summed E-state index contributed by atoms with van der Waals surface area (Å²) in [4.78, 5) is 36.3. The Labute approximate surface area is 202 Å². The number of hydrogen-bond acceptors (Lipinski definition) is 6. The number of carbonyl (C=O) groups is 3. The number of ether oxygens (including phenoxy) is 3. The van der Waals surface area contributed by atoms with Crippen LogP contribution in [0.1, 0.15) is 136 Å². The SMILES string of the molecule is CCCC[13CH2][13CH2][13CH2][13C](=O)OCC(CO[13C](=O)[13CH2][13CH2][13CH2]CCCC)O[13C](=O)[13CH2][13CH2][13CH2]CCCC. The second-order valence-corrected chi connectivity index (χ2v) is 8.97. The fourth-order valence-corrected chi connectivity index (χ4v) is 3.50. The molecule has 33 heavy (non-hydrogen) atoms. The van der Waals surface area contributed by atoms with Gasteiger partial charge in [0, 0.05) is 19.3 Å². The Morgan fingerprint density at radius 2 is 0.818 bits per heavy atom. The smallest absolute Gasteiger partial charge is 0.306 e. The summed E-state index contributed by atoms with van der Waals surface area (Å²) in [6.45, 7) is 6.32. The van der Waals surface area contributed by atoms with Crippen LogP contribution in [0.2, 0.25) is 0 Å². The Balaban J connectivity index is 4.37. The normalized spacial score (nSPS) is 10.9. The van der Waals surface area contributed by atoms with Gasteiger partial charge in [-0.05, 0) is 19.3 Å². The maximum atomic E-state index is 12.2. The summed E-state index contributed by atoms with van der Waals surface area (Å²) in [5.74, 6) is -0.925. The highest BCUT2D eigenvalue weighted by atomic mass is 16.7. The Kier molecular flexibility index (Phi) is 22.4. The van der Waals surface area contributed by atoms with Gasteiger partial charge < -0.3 is 14.2 Å². The van der Waals surface area contributed by atoms with Crippen LogP contribution < -0.4 is 0 Å². The van der Waals surface area contributed by atoms with Gasteiger partial charge in [0.2, 0.25) is 0 Å². The van der Waals surface area contributed by atoms with Crippen molar-refractivity contribution in [3.05, 3.63) is 0 Å². The zero-order chi connectivity index (χ0) is 24.6.